The van der Waals surface area contributed by atoms with E-state index in [1.165, 1.54) is 0 Å². The lowest BCUT2D eigenvalue weighted by molar-refractivity contribution is -0.119. The third kappa shape index (κ3) is 2.99. The molecule has 0 spiro atoms. The van der Waals surface area contributed by atoms with Crippen LogP contribution in [0.25, 0.3) is 0 Å². The Kier molecular flexibility index (Phi) is 4.24. The predicted octanol–water partition coefficient (Wildman–Crippen LogP) is 2.97. The Morgan fingerprint density at radius 2 is 1.74 bits per heavy atom. The van der Waals surface area contributed by atoms with Gasteiger partial charge >= 0.3 is 0 Å². The predicted molar refractivity (Wildman–Crippen MR) is 102 cm³/mol. The van der Waals surface area contributed by atoms with Crippen molar-refractivity contribution in [1.82, 2.24) is 14.7 Å². The number of aromatic nitrogens is 2. The summed E-state index contributed by atoms with van der Waals surface area (Å²) in [5, 5.41) is 7.05. The molecule has 6 nitrogen and oxygen atoms in total. The summed E-state index contributed by atoms with van der Waals surface area (Å²) in [4.78, 5) is 27.9. The zero-order valence-corrected chi connectivity index (χ0v) is 15.2. The number of carbonyl (C=O) groups excluding carboxylic acids is 2. The minimum atomic E-state index is -0.522. The van der Waals surface area contributed by atoms with Crippen molar-refractivity contribution < 1.29 is 9.59 Å². The molecular weight excluding hydrogens is 340 g/mol. The lowest BCUT2D eigenvalue weighted by Crippen LogP contribution is -2.44. The van der Waals surface area contributed by atoms with Crippen LogP contribution in [0.2, 0.25) is 0 Å². The molecule has 0 saturated heterocycles. The van der Waals surface area contributed by atoms with Crippen molar-refractivity contribution >= 4 is 17.5 Å². The second-order valence-corrected chi connectivity index (χ2v) is 6.73. The van der Waals surface area contributed by atoms with E-state index in [1.807, 2.05) is 48.5 Å². The molecule has 136 valence electrons. The number of nitrogens with one attached hydrogen (secondary N) is 1. The number of hydrogen-bond donors (Lipinski definition) is 1. The molecule has 4 rings (SSSR count). The van der Waals surface area contributed by atoms with Crippen LogP contribution in [-0.4, -0.2) is 33.5 Å². The SMILES string of the molecule is CN1C(=O)c2ccccc2[C@H](C(=O)Nc2cnn(C)c2)[C@H]1c1ccccc1. The summed E-state index contributed by atoms with van der Waals surface area (Å²) in [6.45, 7) is 0. The first-order valence-corrected chi connectivity index (χ1v) is 8.77. The largest absolute Gasteiger partial charge is 0.334 e. The van der Waals surface area contributed by atoms with Gasteiger partial charge in [0.05, 0.1) is 23.8 Å². The lowest BCUT2D eigenvalue weighted by atomic mass is 9.79. The highest BCUT2D eigenvalue weighted by Gasteiger charge is 2.42. The van der Waals surface area contributed by atoms with E-state index in [0.717, 1.165) is 11.1 Å². The van der Waals surface area contributed by atoms with E-state index in [9.17, 15) is 9.59 Å². The van der Waals surface area contributed by atoms with Crippen LogP contribution >= 0.6 is 0 Å². The Balaban J connectivity index is 1.81. The smallest absolute Gasteiger partial charge is 0.254 e. The van der Waals surface area contributed by atoms with Gasteiger partial charge in [-0.15, -0.1) is 0 Å². The molecule has 2 atom stereocenters. The fourth-order valence-corrected chi connectivity index (χ4v) is 3.73. The maximum absolute atomic E-state index is 13.3. The zero-order chi connectivity index (χ0) is 19.0. The number of carbonyl (C=O) groups is 2. The van der Waals surface area contributed by atoms with Crippen molar-refractivity contribution in [1.29, 1.82) is 0 Å². The van der Waals surface area contributed by atoms with Crippen LogP contribution in [0.5, 0.6) is 0 Å². The first-order valence-electron chi connectivity index (χ1n) is 8.77. The molecule has 1 aliphatic heterocycles. The molecule has 6 heteroatoms. The van der Waals surface area contributed by atoms with Crippen molar-refractivity contribution in [3.05, 3.63) is 83.7 Å². The molecular formula is C21H20N4O2. The summed E-state index contributed by atoms with van der Waals surface area (Å²) in [5.74, 6) is -0.764. The van der Waals surface area contributed by atoms with E-state index in [2.05, 4.69) is 10.4 Å². The topological polar surface area (TPSA) is 67.2 Å². The second-order valence-electron chi connectivity index (χ2n) is 6.73. The average molecular weight is 360 g/mol. The van der Waals surface area contributed by atoms with E-state index in [4.69, 9.17) is 0 Å². The number of nitrogens with zero attached hydrogens (tertiary/aromatic N) is 3. The highest BCUT2D eigenvalue weighted by Crippen LogP contribution is 2.42. The molecule has 2 aromatic carbocycles. The minimum absolute atomic E-state index is 0.0788. The molecule has 1 N–H and O–H groups in total. The van der Waals surface area contributed by atoms with Crippen molar-refractivity contribution in [3.63, 3.8) is 0 Å². The van der Waals surface area contributed by atoms with Gasteiger partial charge in [0.25, 0.3) is 5.91 Å². The highest BCUT2D eigenvalue weighted by molar-refractivity contribution is 6.04. The van der Waals surface area contributed by atoms with Gasteiger partial charge in [-0.3, -0.25) is 14.3 Å². The van der Waals surface area contributed by atoms with Gasteiger partial charge in [0, 0.05) is 25.9 Å². The molecule has 1 aromatic heterocycles. The maximum Gasteiger partial charge on any atom is 0.254 e. The van der Waals surface area contributed by atoms with Crippen LogP contribution in [0.1, 0.15) is 33.4 Å². The van der Waals surface area contributed by atoms with Gasteiger partial charge in [0.1, 0.15) is 0 Å². The number of aryl methyl sites for hydroxylation is 1. The van der Waals surface area contributed by atoms with Crippen molar-refractivity contribution in [2.75, 3.05) is 12.4 Å². The molecule has 1 aliphatic rings. The Hall–Kier alpha value is -3.41. The lowest BCUT2D eigenvalue weighted by Gasteiger charge is -2.39. The first-order chi connectivity index (χ1) is 13.1. The fraction of sp³-hybridized carbons (Fsp3) is 0.190. The average Bonchev–Trinajstić information content (AvgIpc) is 3.09. The Bertz CT molecular complexity index is 996. The van der Waals surface area contributed by atoms with Gasteiger partial charge in [0.15, 0.2) is 0 Å². The summed E-state index contributed by atoms with van der Waals surface area (Å²) in [6.07, 6.45) is 3.36. The third-order valence-corrected chi connectivity index (χ3v) is 4.98. The number of benzene rings is 2. The summed E-state index contributed by atoms with van der Waals surface area (Å²) >= 11 is 0. The molecule has 3 aromatic rings. The monoisotopic (exact) mass is 360 g/mol. The molecule has 0 unspecified atom stereocenters. The molecule has 0 saturated carbocycles. The van der Waals surface area contributed by atoms with Crippen molar-refractivity contribution in [2.45, 2.75) is 12.0 Å². The number of hydrogen-bond acceptors (Lipinski definition) is 3. The van der Waals surface area contributed by atoms with Crippen LogP contribution < -0.4 is 5.32 Å². The molecule has 0 bridgehead atoms. The fourth-order valence-electron chi connectivity index (χ4n) is 3.73. The standard InChI is InChI=1S/C21H20N4O2/c1-24-13-15(12-22-24)23-20(26)18-16-10-6-7-11-17(16)21(27)25(2)19(18)14-8-4-3-5-9-14/h3-13,18-19H,1-2H3,(H,23,26)/t18-,19+/m0/s1. The van der Waals surface area contributed by atoms with Crippen molar-refractivity contribution in [2.24, 2.45) is 7.05 Å². The Labute approximate surface area is 157 Å². The van der Waals surface area contributed by atoms with Gasteiger partial charge in [0.2, 0.25) is 5.91 Å². The molecule has 2 amide bonds. The van der Waals surface area contributed by atoms with E-state index in [0.29, 0.717) is 11.3 Å². The second kappa shape index (κ2) is 6.72. The number of anilines is 1. The van der Waals surface area contributed by atoms with Crippen LogP contribution in [-0.2, 0) is 11.8 Å². The van der Waals surface area contributed by atoms with E-state index in [-0.39, 0.29) is 17.9 Å². The summed E-state index contributed by atoms with van der Waals surface area (Å²) in [5.41, 5.74) is 2.87. The van der Waals surface area contributed by atoms with Gasteiger partial charge in [-0.25, -0.2) is 0 Å². The van der Waals surface area contributed by atoms with E-state index >= 15 is 0 Å². The minimum Gasteiger partial charge on any atom is -0.334 e. The van der Waals surface area contributed by atoms with Crippen LogP contribution in [0.3, 0.4) is 0 Å². The van der Waals surface area contributed by atoms with Crippen LogP contribution in [0.15, 0.2) is 67.0 Å². The van der Waals surface area contributed by atoms with Gasteiger partial charge in [-0.05, 0) is 17.2 Å². The summed E-state index contributed by atoms with van der Waals surface area (Å²) < 4.78 is 1.63. The molecule has 0 radical (unpaired) electrons. The normalized spacial score (nSPS) is 18.9. The number of likely N-dealkylation sites (N-methyl/N-ethyl adjacent to an activating group) is 1. The van der Waals surface area contributed by atoms with Gasteiger partial charge in [-0.2, -0.15) is 5.10 Å². The van der Waals surface area contributed by atoms with Gasteiger partial charge in [-0.1, -0.05) is 48.5 Å². The molecule has 0 fully saturated rings. The molecule has 0 aliphatic carbocycles. The van der Waals surface area contributed by atoms with Crippen molar-refractivity contribution in [3.8, 4) is 0 Å². The van der Waals surface area contributed by atoms with Crippen LogP contribution in [0, 0.1) is 0 Å². The maximum atomic E-state index is 13.3. The quantitative estimate of drug-likeness (QED) is 0.781. The van der Waals surface area contributed by atoms with Crippen LogP contribution in [0.4, 0.5) is 5.69 Å². The molecule has 27 heavy (non-hydrogen) atoms. The first kappa shape index (κ1) is 17.0. The van der Waals surface area contributed by atoms with E-state index < -0.39 is 5.92 Å². The summed E-state index contributed by atoms with van der Waals surface area (Å²) in [6, 6.07) is 16.6. The third-order valence-electron chi connectivity index (χ3n) is 4.98. The number of amides is 2. The zero-order valence-electron chi connectivity index (χ0n) is 15.2. The Morgan fingerprint density at radius 3 is 2.44 bits per heavy atom. The summed E-state index contributed by atoms with van der Waals surface area (Å²) in [7, 11) is 3.55. The Morgan fingerprint density at radius 1 is 1.04 bits per heavy atom. The highest BCUT2D eigenvalue weighted by atomic mass is 16.2. The number of fused-ring (bicyclic) bond motifs is 1. The number of rotatable bonds is 3. The van der Waals surface area contributed by atoms with Gasteiger partial charge < -0.3 is 10.2 Å². The van der Waals surface area contributed by atoms with E-state index in [1.54, 1.807) is 42.1 Å². The molecule has 2 heterocycles.